The molecule has 3 rings (SSSR count). The normalized spacial score (nSPS) is 12.8. The number of para-hydroxylation sites is 1. The van der Waals surface area contributed by atoms with Crippen LogP contribution in [0.15, 0.2) is 30.3 Å². The lowest BCUT2D eigenvalue weighted by Gasteiger charge is -2.21. The smallest absolute Gasteiger partial charge is 0.253 e. The Morgan fingerprint density at radius 2 is 1.96 bits per heavy atom. The van der Waals surface area contributed by atoms with Crippen LogP contribution >= 0.6 is 23.2 Å². The molecule has 4 nitrogen and oxygen atoms in total. The quantitative estimate of drug-likeness (QED) is 0.851. The number of carbonyl (C=O) groups excluding carboxylic acids is 1. The molecular weight excluding hydrogens is 344 g/mol. The minimum Gasteiger partial charge on any atom is -0.486 e. The van der Waals surface area contributed by atoms with Crippen molar-refractivity contribution in [2.45, 2.75) is 6.54 Å². The molecule has 0 aliphatic carbocycles. The fourth-order valence-corrected chi connectivity index (χ4v) is 2.71. The van der Waals surface area contributed by atoms with Crippen LogP contribution in [0.1, 0.15) is 15.9 Å². The summed E-state index contributed by atoms with van der Waals surface area (Å²) in [5.74, 6) is 0.0425. The summed E-state index contributed by atoms with van der Waals surface area (Å²) in [5.41, 5.74) is 0.789. The van der Waals surface area contributed by atoms with Gasteiger partial charge >= 0.3 is 0 Å². The Kier molecular flexibility index (Phi) is 4.59. The van der Waals surface area contributed by atoms with Gasteiger partial charge in [-0.05, 0) is 18.2 Å². The monoisotopic (exact) mass is 355 g/mol. The predicted molar refractivity (Wildman–Crippen MR) is 85.0 cm³/mol. The third-order valence-corrected chi connectivity index (χ3v) is 3.94. The molecule has 1 amide bonds. The average molecular weight is 356 g/mol. The van der Waals surface area contributed by atoms with Crippen molar-refractivity contribution in [3.05, 3.63) is 57.3 Å². The highest BCUT2D eigenvalue weighted by atomic mass is 35.5. The van der Waals surface area contributed by atoms with E-state index in [4.69, 9.17) is 32.7 Å². The molecule has 0 fully saturated rings. The van der Waals surface area contributed by atoms with E-state index in [1.165, 1.54) is 6.07 Å². The molecule has 1 N–H and O–H groups in total. The van der Waals surface area contributed by atoms with Crippen LogP contribution in [0.5, 0.6) is 11.5 Å². The first-order chi connectivity index (χ1) is 11.1. The van der Waals surface area contributed by atoms with Gasteiger partial charge in [0.15, 0.2) is 11.5 Å². The summed E-state index contributed by atoms with van der Waals surface area (Å²) in [6.45, 7) is 1.14. The lowest BCUT2D eigenvalue weighted by Crippen LogP contribution is -2.24. The summed E-state index contributed by atoms with van der Waals surface area (Å²) in [5, 5.41) is 2.64. The molecule has 1 aliphatic heterocycles. The topological polar surface area (TPSA) is 47.6 Å². The molecular formula is C16H12Cl2FNO3. The van der Waals surface area contributed by atoms with Gasteiger partial charge in [-0.2, -0.15) is 0 Å². The zero-order valence-corrected chi connectivity index (χ0v) is 13.4. The zero-order valence-electron chi connectivity index (χ0n) is 11.9. The van der Waals surface area contributed by atoms with Gasteiger partial charge in [0, 0.05) is 12.1 Å². The van der Waals surface area contributed by atoms with E-state index >= 15 is 0 Å². The lowest BCUT2D eigenvalue weighted by atomic mass is 10.1. The molecule has 120 valence electrons. The van der Waals surface area contributed by atoms with Crippen LogP contribution in [0.2, 0.25) is 10.0 Å². The third kappa shape index (κ3) is 3.35. The number of rotatable bonds is 3. The maximum Gasteiger partial charge on any atom is 0.253 e. The number of fused-ring (bicyclic) bond motifs is 1. The van der Waals surface area contributed by atoms with Gasteiger partial charge < -0.3 is 14.8 Å². The number of nitrogens with one attached hydrogen (secondary N) is 1. The van der Waals surface area contributed by atoms with Gasteiger partial charge in [-0.25, -0.2) is 4.39 Å². The summed E-state index contributed by atoms with van der Waals surface area (Å²) >= 11 is 11.6. The Bertz CT molecular complexity index is 767. The van der Waals surface area contributed by atoms with Gasteiger partial charge in [-0.3, -0.25) is 4.79 Å². The molecule has 0 unspecified atom stereocenters. The largest absolute Gasteiger partial charge is 0.486 e. The van der Waals surface area contributed by atoms with Crippen molar-refractivity contribution in [2.24, 2.45) is 0 Å². The Labute approximate surface area is 142 Å². The minimum absolute atomic E-state index is 0.0236. The van der Waals surface area contributed by atoms with Gasteiger partial charge in [-0.1, -0.05) is 35.3 Å². The molecule has 0 atom stereocenters. The molecule has 0 radical (unpaired) electrons. The van der Waals surface area contributed by atoms with E-state index in [2.05, 4.69) is 5.32 Å². The lowest BCUT2D eigenvalue weighted by molar-refractivity contribution is 0.0949. The van der Waals surface area contributed by atoms with E-state index in [0.29, 0.717) is 24.7 Å². The number of amides is 1. The molecule has 1 aliphatic rings. The maximum absolute atomic E-state index is 13.5. The van der Waals surface area contributed by atoms with E-state index < -0.39 is 11.7 Å². The van der Waals surface area contributed by atoms with Gasteiger partial charge in [0.05, 0.1) is 15.6 Å². The highest BCUT2D eigenvalue weighted by Gasteiger charge is 2.18. The molecule has 7 heteroatoms. The van der Waals surface area contributed by atoms with Crippen LogP contribution in [0.4, 0.5) is 4.39 Å². The van der Waals surface area contributed by atoms with Crippen LogP contribution in [0, 0.1) is 5.82 Å². The van der Waals surface area contributed by atoms with Crippen molar-refractivity contribution < 1.29 is 18.7 Å². The third-order valence-electron chi connectivity index (χ3n) is 3.34. The number of hydrogen-bond donors (Lipinski definition) is 1. The first-order valence-corrected chi connectivity index (χ1v) is 7.62. The van der Waals surface area contributed by atoms with Crippen LogP contribution in [-0.2, 0) is 6.54 Å². The Hall–Kier alpha value is -1.98. The van der Waals surface area contributed by atoms with Crippen molar-refractivity contribution in [1.29, 1.82) is 0 Å². The zero-order chi connectivity index (χ0) is 16.4. The van der Waals surface area contributed by atoms with Gasteiger partial charge in [0.1, 0.15) is 19.0 Å². The number of benzene rings is 2. The standard InChI is InChI=1S/C16H12Cl2FNO3/c17-11-7-12(18)13(19)6-10(11)16(21)20-8-9-2-1-3-14-15(9)23-5-4-22-14/h1-3,6-7H,4-5,8H2,(H,20,21). The first kappa shape index (κ1) is 15.9. The van der Waals surface area contributed by atoms with Crippen LogP contribution in [0.25, 0.3) is 0 Å². The fourth-order valence-electron chi connectivity index (χ4n) is 2.24. The van der Waals surface area contributed by atoms with Crippen LogP contribution < -0.4 is 14.8 Å². The van der Waals surface area contributed by atoms with Crippen molar-refractivity contribution >= 4 is 29.1 Å². The summed E-state index contributed by atoms with van der Waals surface area (Å²) in [7, 11) is 0. The van der Waals surface area contributed by atoms with Crippen molar-refractivity contribution in [3.63, 3.8) is 0 Å². The van der Waals surface area contributed by atoms with Crippen molar-refractivity contribution in [1.82, 2.24) is 5.32 Å². The number of halogens is 3. The van der Waals surface area contributed by atoms with E-state index in [1.54, 1.807) is 6.07 Å². The van der Waals surface area contributed by atoms with Gasteiger partial charge in [0.25, 0.3) is 5.91 Å². The molecule has 2 aromatic rings. The summed E-state index contributed by atoms with van der Waals surface area (Å²) < 4.78 is 24.6. The molecule has 2 aromatic carbocycles. The molecule has 23 heavy (non-hydrogen) atoms. The van der Waals surface area contributed by atoms with E-state index in [-0.39, 0.29) is 22.2 Å². The van der Waals surface area contributed by atoms with Crippen LogP contribution in [0.3, 0.4) is 0 Å². The van der Waals surface area contributed by atoms with E-state index in [9.17, 15) is 9.18 Å². The molecule has 0 bridgehead atoms. The Morgan fingerprint density at radius 3 is 2.78 bits per heavy atom. The van der Waals surface area contributed by atoms with Crippen molar-refractivity contribution in [2.75, 3.05) is 13.2 Å². The molecule has 0 saturated heterocycles. The fraction of sp³-hybridized carbons (Fsp3) is 0.188. The second kappa shape index (κ2) is 6.64. The van der Waals surface area contributed by atoms with Crippen molar-refractivity contribution in [3.8, 4) is 11.5 Å². The van der Waals surface area contributed by atoms with E-state index in [1.807, 2.05) is 12.1 Å². The SMILES string of the molecule is O=C(NCc1cccc2c1OCCO2)c1cc(F)c(Cl)cc1Cl. The Balaban J connectivity index is 1.76. The Morgan fingerprint density at radius 1 is 1.17 bits per heavy atom. The average Bonchev–Trinajstić information content (AvgIpc) is 2.56. The number of ether oxygens (including phenoxy) is 2. The molecule has 0 saturated carbocycles. The highest BCUT2D eigenvalue weighted by Crippen LogP contribution is 2.33. The summed E-state index contributed by atoms with van der Waals surface area (Å²) in [6.07, 6.45) is 0. The summed E-state index contributed by atoms with van der Waals surface area (Å²) in [6, 6.07) is 7.64. The maximum atomic E-state index is 13.5. The second-order valence-corrected chi connectivity index (χ2v) is 5.68. The minimum atomic E-state index is -0.699. The summed E-state index contributed by atoms with van der Waals surface area (Å²) in [4.78, 5) is 12.2. The second-order valence-electron chi connectivity index (χ2n) is 4.87. The van der Waals surface area contributed by atoms with Crippen LogP contribution in [-0.4, -0.2) is 19.1 Å². The van der Waals surface area contributed by atoms with E-state index in [0.717, 1.165) is 11.6 Å². The van der Waals surface area contributed by atoms with Gasteiger partial charge in [0.2, 0.25) is 0 Å². The first-order valence-electron chi connectivity index (χ1n) is 6.86. The van der Waals surface area contributed by atoms with Gasteiger partial charge in [-0.15, -0.1) is 0 Å². The molecule has 1 heterocycles. The number of hydrogen-bond acceptors (Lipinski definition) is 3. The number of carbonyl (C=O) groups is 1. The highest BCUT2D eigenvalue weighted by molar-refractivity contribution is 6.36. The molecule has 0 aromatic heterocycles. The molecule has 0 spiro atoms. The predicted octanol–water partition coefficient (Wildman–Crippen LogP) is 3.83.